The number of aromatic hydroxyl groups is 1. The fourth-order valence-corrected chi connectivity index (χ4v) is 1.65. The first-order valence-electron chi connectivity index (χ1n) is 4.16. The van der Waals surface area contributed by atoms with Gasteiger partial charge in [0.25, 0.3) is 0 Å². The highest BCUT2D eigenvalue weighted by Gasteiger charge is 2.18. The number of carboxylic acids is 1. The Balaban J connectivity index is 3.24. The van der Waals surface area contributed by atoms with E-state index in [-0.39, 0.29) is 5.75 Å². The molecule has 76 valence electrons. The Hall–Kier alpha value is -1.03. The van der Waals surface area contributed by atoms with Crippen molar-refractivity contribution in [2.75, 3.05) is 0 Å². The maximum Gasteiger partial charge on any atom is 0.310 e. The average Bonchev–Trinajstić information content (AvgIpc) is 2.13. The molecule has 1 aromatic carbocycles. The molecule has 0 fully saturated rings. The number of carbonyl (C=O) groups is 1. The van der Waals surface area contributed by atoms with Crippen molar-refractivity contribution in [3.63, 3.8) is 0 Å². The van der Waals surface area contributed by atoms with Gasteiger partial charge >= 0.3 is 5.97 Å². The Kier molecular flexibility index (Phi) is 3.16. The van der Waals surface area contributed by atoms with Gasteiger partial charge in [-0.2, -0.15) is 0 Å². The molecular weight excluding hydrogens is 248 g/mol. The van der Waals surface area contributed by atoms with Gasteiger partial charge in [0.2, 0.25) is 0 Å². The highest BCUT2D eigenvalue weighted by Crippen LogP contribution is 2.32. The van der Waals surface area contributed by atoms with E-state index in [1.54, 1.807) is 19.9 Å². The van der Waals surface area contributed by atoms with Crippen molar-refractivity contribution in [2.45, 2.75) is 19.8 Å². The number of rotatable bonds is 2. The van der Waals surface area contributed by atoms with E-state index < -0.39 is 11.9 Å². The Morgan fingerprint density at radius 3 is 2.57 bits per heavy atom. The van der Waals surface area contributed by atoms with Gasteiger partial charge < -0.3 is 10.2 Å². The third-order valence-electron chi connectivity index (χ3n) is 2.24. The normalized spacial score (nSPS) is 12.5. The number of carboxylic acid groups (broad SMARTS) is 1. The molecule has 0 saturated heterocycles. The van der Waals surface area contributed by atoms with Gasteiger partial charge in [-0.3, -0.25) is 4.79 Å². The number of phenolic OH excluding ortho intramolecular Hbond substituents is 1. The van der Waals surface area contributed by atoms with Gasteiger partial charge in [0.1, 0.15) is 5.75 Å². The third kappa shape index (κ3) is 1.90. The number of hydrogen-bond acceptors (Lipinski definition) is 2. The maximum absolute atomic E-state index is 10.8. The van der Waals surface area contributed by atoms with Crippen LogP contribution >= 0.6 is 15.9 Å². The largest absolute Gasteiger partial charge is 0.507 e. The lowest BCUT2D eigenvalue weighted by Crippen LogP contribution is -2.09. The molecule has 2 N–H and O–H groups in total. The van der Waals surface area contributed by atoms with Crippen LogP contribution < -0.4 is 0 Å². The lowest BCUT2D eigenvalue weighted by molar-refractivity contribution is -0.138. The molecular formula is C10H11BrO3. The number of aliphatic carboxylic acids is 1. The quantitative estimate of drug-likeness (QED) is 0.858. The zero-order valence-corrected chi connectivity index (χ0v) is 9.50. The lowest BCUT2D eigenvalue weighted by Gasteiger charge is -2.12. The standard InChI is InChI=1S/C10H11BrO3/c1-5-7(6(2)10(13)14)3-4-8(12)9(5)11/h3-4,6,12H,1-2H3,(H,13,14). The summed E-state index contributed by atoms with van der Waals surface area (Å²) in [5.41, 5.74) is 1.47. The summed E-state index contributed by atoms with van der Waals surface area (Å²) < 4.78 is 0.558. The molecule has 0 amide bonds. The summed E-state index contributed by atoms with van der Waals surface area (Å²) in [6.45, 7) is 3.40. The smallest absolute Gasteiger partial charge is 0.310 e. The van der Waals surface area contributed by atoms with Crippen molar-refractivity contribution in [2.24, 2.45) is 0 Å². The van der Waals surface area contributed by atoms with Crippen LogP contribution in [0.5, 0.6) is 5.75 Å². The van der Waals surface area contributed by atoms with E-state index in [4.69, 9.17) is 5.11 Å². The van der Waals surface area contributed by atoms with Crippen LogP contribution in [-0.4, -0.2) is 16.2 Å². The molecule has 1 rings (SSSR count). The Bertz CT molecular complexity index is 374. The van der Waals surface area contributed by atoms with Gasteiger partial charge in [0, 0.05) is 0 Å². The third-order valence-corrected chi connectivity index (χ3v) is 3.25. The molecule has 1 unspecified atom stereocenters. The van der Waals surface area contributed by atoms with E-state index in [1.807, 2.05) is 0 Å². The van der Waals surface area contributed by atoms with Crippen LogP contribution in [0.4, 0.5) is 0 Å². The van der Waals surface area contributed by atoms with Crippen molar-refractivity contribution >= 4 is 21.9 Å². The highest BCUT2D eigenvalue weighted by molar-refractivity contribution is 9.10. The van der Waals surface area contributed by atoms with Crippen molar-refractivity contribution in [1.29, 1.82) is 0 Å². The SMILES string of the molecule is Cc1c(C(C)C(=O)O)ccc(O)c1Br. The molecule has 0 heterocycles. The Labute approximate surface area is 90.5 Å². The predicted octanol–water partition coefficient (Wildman–Crippen LogP) is 2.65. The molecule has 14 heavy (non-hydrogen) atoms. The predicted molar refractivity (Wildman–Crippen MR) is 56.6 cm³/mol. The van der Waals surface area contributed by atoms with E-state index in [1.165, 1.54) is 6.07 Å². The Morgan fingerprint density at radius 1 is 1.50 bits per heavy atom. The first kappa shape index (κ1) is 11.0. The first-order valence-corrected chi connectivity index (χ1v) is 4.95. The van der Waals surface area contributed by atoms with Crippen molar-refractivity contribution in [1.82, 2.24) is 0 Å². The molecule has 0 radical (unpaired) electrons. The summed E-state index contributed by atoms with van der Waals surface area (Å²) in [5, 5.41) is 18.2. The first-order chi connectivity index (χ1) is 6.45. The second kappa shape index (κ2) is 4.00. The van der Waals surface area contributed by atoms with E-state index in [2.05, 4.69) is 15.9 Å². The van der Waals surface area contributed by atoms with E-state index >= 15 is 0 Å². The van der Waals surface area contributed by atoms with Crippen LogP contribution in [-0.2, 0) is 4.79 Å². The van der Waals surface area contributed by atoms with E-state index in [0.29, 0.717) is 10.0 Å². The van der Waals surface area contributed by atoms with Gasteiger partial charge in [0.05, 0.1) is 10.4 Å². The van der Waals surface area contributed by atoms with Gasteiger partial charge in [-0.15, -0.1) is 0 Å². The zero-order valence-electron chi connectivity index (χ0n) is 7.91. The average molecular weight is 259 g/mol. The van der Waals surface area contributed by atoms with Gasteiger partial charge in [0.15, 0.2) is 0 Å². The van der Waals surface area contributed by atoms with Crippen LogP contribution in [0.15, 0.2) is 16.6 Å². The highest BCUT2D eigenvalue weighted by atomic mass is 79.9. The molecule has 3 nitrogen and oxygen atoms in total. The van der Waals surface area contributed by atoms with Crippen LogP contribution in [0, 0.1) is 6.92 Å². The van der Waals surface area contributed by atoms with Crippen LogP contribution in [0.1, 0.15) is 24.0 Å². The molecule has 0 bridgehead atoms. The summed E-state index contributed by atoms with van der Waals surface area (Å²) in [7, 11) is 0. The fraction of sp³-hybridized carbons (Fsp3) is 0.300. The van der Waals surface area contributed by atoms with Crippen molar-refractivity contribution < 1.29 is 15.0 Å². The van der Waals surface area contributed by atoms with Crippen LogP contribution in [0.3, 0.4) is 0 Å². The summed E-state index contributed by atoms with van der Waals surface area (Å²) in [6, 6.07) is 3.13. The molecule has 0 saturated carbocycles. The van der Waals surface area contributed by atoms with Gasteiger partial charge in [-0.25, -0.2) is 0 Å². The number of halogens is 1. The van der Waals surface area contributed by atoms with Gasteiger partial charge in [-0.05, 0) is 47.0 Å². The van der Waals surface area contributed by atoms with Crippen molar-refractivity contribution in [3.8, 4) is 5.75 Å². The van der Waals surface area contributed by atoms with Crippen molar-refractivity contribution in [3.05, 3.63) is 27.7 Å². The summed E-state index contributed by atoms with van der Waals surface area (Å²) in [5.74, 6) is -1.30. The van der Waals surface area contributed by atoms with E-state index in [9.17, 15) is 9.90 Å². The Morgan fingerprint density at radius 2 is 2.07 bits per heavy atom. The number of phenols is 1. The van der Waals surface area contributed by atoms with Crippen LogP contribution in [0.2, 0.25) is 0 Å². The summed E-state index contributed by atoms with van der Waals surface area (Å²) in [6.07, 6.45) is 0. The monoisotopic (exact) mass is 258 g/mol. The minimum absolute atomic E-state index is 0.129. The molecule has 0 spiro atoms. The van der Waals surface area contributed by atoms with Crippen LogP contribution in [0.25, 0.3) is 0 Å². The summed E-state index contributed by atoms with van der Waals surface area (Å²) >= 11 is 3.20. The second-order valence-electron chi connectivity index (χ2n) is 3.17. The zero-order chi connectivity index (χ0) is 10.9. The fourth-order valence-electron chi connectivity index (χ4n) is 1.29. The molecule has 0 aliphatic carbocycles. The molecule has 1 atom stereocenters. The minimum Gasteiger partial charge on any atom is -0.507 e. The maximum atomic E-state index is 10.8. The molecule has 0 aromatic heterocycles. The number of benzene rings is 1. The lowest BCUT2D eigenvalue weighted by atomic mass is 9.96. The molecule has 0 aliphatic heterocycles. The minimum atomic E-state index is -0.870. The molecule has 0 aliphatic rings. The molecule has 4 heteroatoms. The summed E-state index contributed by atoms with van der Waals surface area (Å²) in [4.78, 5) is 10.8. The molecule has 1 aromatic rings. The second-order valence-corrected chi connectivity index (χ2v) is 3.97. The van der Waals surface area contributed by atoms with Gasteiger partial charge in [-0.1, -0.05) is 6.07 Å². The number of hydrogen-bond donors (Lipinski definition) is 2. The van der Waals surface area contributed by atoms with E-state index in [0.717, 1.165) is 5.56 Å². The topological polar surface area (TPSA) is 57.5 Å².